The van der Waals surface area contributed by atoms with E-state index in [9.17, 15) is 4.39 Å². The lowest BCUT2D eigenvalue weighted by molar-refractivity contribution is 0.347. The highest BCUT2D eigenvalue weighted by Gasteiger charge is 2.19. The molecule has 134 valence electrons. The van der Waals surface area contributed by atoms with Crippen LogP contribution in [0.1, 0.15) is 43.5 Å². The summed E-state index contributed by atoms with van der Waals surface area (Å²) in [6.45, 7) is 4.56. The van der Waals surface area contributed by atoms with Gasteiger partial charge >= 0.3 is 0 Å². The third kappa shape index (κ3) is 4.85. The number of rotatable bonds is 7. The summed E-state index contributed by atoms with van der Waals surface area (Å²) in [7, 11) is 0. The summed E-state index contributed by atoms with van der Waals surface area (Å²) >= 11 is 7.70. The molecule has 1 fully saturated rings. The van der Waals surface area contributed by atoms with Gasteiger partial charge < -0.3 is 4.57 Å². The van der Waals surface area contributed by atoms with E-state index in [2.05, 4.69) is 21.3 Å². The molecule has 1 aliphatic rings. The van der Waals surface area contributed by atoms with Gasteiger partial charge in [-0.25, -0.2) is 4.39 Å². The van der Waals surface area contributed by atoms with Crippen LogP contribution in [0.3, 0.4) is 0 Å². The van der Waals surface area contributed by atoms with Gasteiger partial charge in [0.2, 0.25) is 0 Å². The van der Waals surface area contributed by atoms with Gasteiger partial charge in [0, 0.05) is 23.7 Å². The number of thioether (sulfide) groups is 1. The van der Waals surface area contributed by atoms with Crippen LogP contribution in [0.5, 0.6) is 0 Å². The lowest BCUT2D eigenvalue weighted by atomic mass is 9.87. The Hall–Kier alpha value is -1.33. The first-order valence-corrected chi connectivity index (χ1v) is 10.1. The Morgan fingerprint density at radius 2 is 2.08 bits per heavy atom. The molecule has 0 saturated heterocycles. The Bertz CT molecular complexity index is 725. The summed E-state index contributed by atoms with van der Waals surface area (Å²) in [6.07, 6.45) is 9.44. The molecule has 1 aliphatic carbocycles. The number of hydrogen-bond donors (Lipinski definition) is 0. The Labute approximate surface area is 157 Å². The molecule has 6 heteroatoms. The van der Waals surface area contributed by atoms with Crippen molar-refractivity contribution in [3.8, 4) is 0 Å². The molecule has 25 heavy (non-hydrogen) atoms. The predicted molar refractivity (Wildman–Crippen MR) is 101 cm³/mol. The molecule has 3 nitrogen and oxygen atoms in total. The SMILES string of the molecule is C=CCn1c(CC2CCCCC2)nnc1SCc1ccc(F)cc1Cl. The van der Waals surface area contributed by atoms with Gasteiger partial charge in [0.1, 0.15) is 11.6 Å². The number of nitrogens with zero attached hydrogens (tertiary/aromatic N) is 3. The van der Waals surface area contributed by atoms with Crippen LogP contribution in [0.4, 0.5) is 4.39 Å². The second kappa shape index (κ2) is 8.86. The zero-order valence-corrected chi connectivity index (χ0v) is 15.8. The van der Waals surface area contributed by atoms with Crippen molar-refractivity contribution in [1.29, 1.82) is 0 Å². The Morgan fingerprint density at radius 3 is 2.80 bits per heavy atom. The molecular formula is C19H23ClFN3S. The summed E-state index contributed by atoms with van der Waals surface area (Å²) in [5, 5.41) is 10.1. The van der Waals surface area contributed by atoms with Crippen molar-refractivity contribution in [1.82, 2.24) is 14.8 Å². The van der Waals surface area contributed by atoms with Gasteiger partial charge in [0.05, 0.1) is 0 Å². The highest BCUT2D eigenvalue weighted by Crippen LogP contribution is 2.29. The first-order chi connectivity index (χ1) is 12.2. The van der Waals surface area contributed by atoms with Crippen LogP contribution >= 0.6 is 23.4 Å². The number of allylic oxidation sites excluding steroid dienone is 1. The van der Waals surface area contributed by atoms with Crippen LogP contribution in [0.2, 0.25) is 5.02 Å². The Morgan fingerprint density at radius 1 is 1.28 bits per heavy atom. The first kappa shape index (κ1) is 18.5. The number of aromatic nitrogens is 3. The maximum atomic E-state index is 13.2. The smallest absolute Gasteiger partial charge is 0.191 e. The van der Waals surface area contributed by atoms with Crippen LogP contribution in [-0.4, -0.2) is 14.8 Å². The fourth-order valence-corrected chi connectivity index (χ4v) is 4.60. The quantitative estimate of drug-likeness (QED) is 0.458. The average molecular weight is 380 g/mol. The number of halogens is 2. The molecule has 1 heterocycles. The average Bonchev–Trinajstić information content (AvgIpc) is 2.97. The highest BCUT2D eigenvalue weighted by molar-refractivity contribution is 7.98. The van der Waals surface area contributed by atoms with Gasteiger partial charge in [0.25, 0.3) is 0 Å². The van der Waals surface area contributed by atoms with E-state index in [-0.39, 0.29) is 5.82 Å². The van der Waals surface area contributed by atoms with E-state index < -0.39 is 0 Å². The van der Waals surface area contributed by atoms with Gasteiger partial charge in [-0.3, -0.25) is 0 Å². The van der Waals surface area contributed by atoms with Crippen molar-refractivity contribution < 1.29 is 4.39 Å². The van der Waals surface area contributed by atoms with Crippen LogP contribution in [-0.2, 0) is 18.7 Å². The van der Waals surface area contributed by atoms with Crippen LogP contribution in [0, 0.1) is 11.7 Å². The molecule has 0 atom stereocenters. The van der Waals surface area contributed by atoms with Crippen molar-refractivity contribution >= 4 is 23.4 Å². The second-order valence-electron chi connectivity index (χ2n) is 6.53. The normalized spacial score (nSPS) is 15.4. The highest BCUT2D eigenvalue weighted by atomic mass is 35.5. The van der Waals surface area contributed by atoms with Crippen molar-refractivity contribution in [3.63, 3.8) is 0 Å². The molecule has 0 radical (unpaired) electrons. The molecule has 0 bridgehead atoms. The molecular weight excluding hydrogens is 357 g/mol. The fraction of sp³-hybridized carbons (Fsp3) is 0.474. The maximum Gasteiger partial charge on any atom is 0.191 e. The maximum absolute atomic E-state index is 13.2. The summed E-state index contributed by atoms with van der Waals surface area (Å²) < 4.78 is 15.3. The van der Waals surface area contributed by atoms with Crippen molar-refractivity contribution in [2.24, 2.45) is 5.92 Å². The van der Waals surface area contributed by atoms with Gasteiger partial charge in [-0.1, -0.05) is 67.6 Å². The zero-order chi connectivity index (χ0) is 17.6. The number of hydrogen-bond acceptors (Lipinski definition) is 3. The molecule has 2 aromatic rings. The largest absolute Gasteiger partial charge is 0.302 e. The van der Waals surface area contributed by atoms with Gasteiger partial charge in [-0.15, -0.1) is 16.8 Å². The van der Waals surface area contributed by atoms with Crippen molar-refractivity contribution in [2.45, 2.75) is 56.0 Å². The minimum Gasteiger partial charge on any atom is -0.302 e. The monoisotopic (exact) mass is 379 g/mol. The molecule has 0 aliphatic heterocycles. The molecule has 3 rings (SSSR count). The molecule has 1 aromatic heterocycles. The van der Waals surface area contributed by atoms with Crippen LogP contribution < -0.4 is 0 Å². The van der Waals surface area contributed by atoms with Crippen LogP contribution in [0.15, 0.2) is 36.0 Å². The lowest BCUT2D eigenvalue weighted by Crippen LogP contribution is -2.13. The van der Waals surface area contributed by atoms with E-state index in [0.717, 1.165) is 23.0 Å². The summed E-state index contributed by atoms with van der Waals surface area (Å²) in [4.78, 5) is 0. The third-order valence-electron chi connectivity index (χ3n) is 4.67. The minimum absolute atomic E-state index is 0.316. The van der Waals surface area contributed by atoms with E-state index >= 15 is 0 Å². The van der Waals surface area contributed by atoms with E-state index in [0.29, 0.717) is 23.2 Å². The van der Waals surface area contributed by atoms with Gasteiger partial charge in [-0.2, -0.15) is 0 Å². The standard InChI is InChI=1S/C19H23ClFN3S/c1-2-10-24-18(11-14-6-4-3-5-7-14)22-23-19(24)25-13-15-8-9-16(21)12-17(15)20/h2,8-9,12,14H,1,3-7,10-11,13H2. The molecule has 0 spiro atoms. The molecule has 0 N–H and O–H groups in total. The summed E-state index contributed by atoms with van der Waals surface area (Å²) in [5.41, 5.74) is 0.898. The van der Waals surface area contributed by atoms with Gasteiger partial charge in [-0.05, 0) is 23.6 Å². The lowest BCUT2D eigenvalue weighted by Gasteiger charge is -2.21. The Balaban J connectivity index is 1.70. The van der Waals surface area contributed by atoms with E-state index in [1.165, 1.54) is 44.2 Å². The molecule has 1 aromatic carbocycles. The zero-order valence-electron chi connectivity index (χ0n) is 14.3. The minimum atomic E-state index is -0.316. The molecule has 1 saturated carbocycles. The van der Waals surface area contributed by atoms with E-state index in [1.807, 2.05) is 6.08 Å². The second-order valence-corrected chi connectivity index (χ2v) is 7.88. The van der Waals surface area contributed by atoms with Crippen molar-refractivity contribution in [2.75, 3.05) is 0 Å². The summed E-state index contributed by atoms with van der Waals surface area (Å²) in [5.74, 6) is 2.08. The molecule has 0 unspecified atom stereocenters. The van der Waals surface area contributed by atoms with E-state index in [1.54, 1.807) is 17.8 Å². The van der Waals surface area contributed by atoms with Gasteiger partial charge in [0.15, 0.2) is 5.16 Å². The third-order valence-corrected chi connectivity index (χ3v) is 6.04. The van der Waals surface area contributed by atoms with Crippen molar-refractivity contribution in [3.05, 3.63) is 53.1 Å². The van der Waals surface area contributed by atoms with Crippen LogP contribution in [0.25, 0.3) is 0 Å². The topological polar surface area (TPSA) is 30.7 Å². The predicted octanol–water partition coefficient (Wildman–Crippen LogP) is 5.67. The molecule has 0 amide bonds. The number of benzene rings is 1. The summed E-state index contributed by atoms with van der Waals surface area (Å²) in [6, 6.07) is 4.51. The first-order valence-electron chi connectivity index (χ1n) is 8.77. The van der Waals surface area contributed by atoms with E-state index in [4.69, 9.17) is 11.6 Å². The Kier molecular flexibility index (Phi) is 6.54. The fourth-order valence-electron chi connectivity index (χ4n) is 3.32.